The number of halogens is 2. The summed E-state index contributed by atoms with van der Waals surface area (Å²) in [6.45, 7) is 0.592. The summed E-state index contributed by atoms with van der Waals surface area (Å²) in [5.41, 5.74) is 0. The van der Waals surface area contributed by atoms with Gasteiger partial charge in [0, 0.05) is 13.1 Å². The molecule has 1 aliphatic heterocycles. The third-order valence-electron chi connectivity index (χ3n) is 1.41. The zero-order valence-corrected chi connectivity index (χ0v) is 5.78. The number of hydrogen-bond acceptors (Lipinski definition) is 1. The molecule has 54 valence electrons. The Labute approximate surface area is 52.5 Å². The smallest absolute Gasteiger partial charge is 0.231 e. The Morgan fingerprint density at radius 3 is 1.89 bits per heavy atom. The summed E-state index contributed by atoms with van der Waals surface area (Å²) in [5.74, 6) is 0. The van der Waals surface area contributed by atoms with E-state index in [-0.39, 0.29) is 0 Å². The van der Waals surface area contributed by atoms with Crippen LogP contribution in [0.2, 0.25) is 0 Å². The first kappa shape index (κ1) is 7.16. The second kappa shape index (κ2) is 2.35. The summed E-state index contributed by atoms with van der Waals surface area (Å²) in [7, 11) is -4.88. The maximum absolute atomic E-state index is 11.9. The van der Waals surface area contributed by atoms with Crippen molar-refractivity contribution in [2.75, 3.05) is 13.1 Å². The van der Waals surface area contributed by atoms with Gasteiger partial charge in [-0.1, -0.05) is 0 Å². The Morgan fingerprint density at radius 1 is 1.22 bits per heavy atom. The highest BCUT2D eigenvalue weighted by Crippen LogP contribution is 2.54. The average molecular weight is 155 g/mol. The zero-order chi connectivity index (χ0) is 6.91. The van der Waals surface area contributed by atoms with Crippen molar-refractivity contribution in [1.82, 2.24) is 4.67 Å². The average Bonchev–Trinajstić information content (AvgIpc) is 2.08. The minimum absolute atomic E-state index is 0.296. The van der Waals surface area contributed by atoms with Crippen LogP contribution in [0.5, 0.6) is 0 Å². The van der Waals surface area contributed by atoms with Gasteiger partial charge >= 0.3 is 7.91 Å². The van der Waals surface area contributed by atoms with E-state index in [1.807, 2.05) is 0 Å². The highest BCUT2D eigenvalue weighted by molar-refractivity contribution is 7.50. The Hall–Kier alpha value is 0.0500. The lowest BCUT2D eigenvalue weighted by Gasteiger charge is -2.10. The molecule has 0 bridgehead atoms. The second-order valence-electron chi connectivity index (χ2n) is 2.10. The van der Waals surface area contributed by atoms with Crippen LogP contribution in [-0.2, 0) is 4.57 Å². The molecule has 1 saturated heterocycles. The SMILES string of the molecule is O=P(F)(F)N1CCCC1. The minimum atomic E-state index is -4.88. The molecular formula is C4H8F2NOP. The first-order valence-electron chi connectivity index (χ1n) is 2.85. The lowest BCUT2D eigenvalue weighted by molar-refractivity contribution is 0.388. The highest BCUT2D eigenvalue weighted by Gasteiger charge is 2.31. The number of rotatable bonds is 1. The monoisotopic (exact) mass is 155 g/mol. The van der Waals surface area contributed by atoms with Crippen molar-refractivity contribution < 1.29 is 13.0 Å². The fourth-order valence-corrected chi connectivity index (χ4v) is 1.68. The van der Waals surface area contributed by atoms with Gasteiger partial charge in [-0.2, -0.15) is 0 Å². The summed E-state index contributed by atoms with van der Waals surface area (Å²) in [6, 6.07) is 0. The third-order valence-corrected chi connectivity index (χ3v) is 2.47. The first-order chi connectivity index (χ1) is 4.11. The summed E-state index contributed by atoms with van der Waals surface area (Å²) < 4.78 is 34.6. The molecule has 1 fully saturated rings. The van der Waals surface area contributed by atoms with Crippen LogP contribution in [0, 0.1) is 0 Å². The highest BCUT2D eigenvalue weighted by atomic mass is 31.2. The van der Waals surface area contributed by atoms with E-state index in [0.717, 1.165) is 17.5 Å². The maximum atomic E-state index is 11.9. The van der Waals surface area contributed by atoms with Crippen molar-refractivity contribution in [1.29, 1.82) is 0 Å². The van der Waals surface area contributed by atoms with E-state index < -0.39 is 7.91 Å². The van der Waals surface area contributed by atoms with Gasteiger partial charge in [-0.25, -0.2) is 9.24 Å². The van der Waals surface area contributed by atoms with E-state index in [1.54, 1.807) is 0 Å². The molecule has 0 amide bonds. The fourth-order valence-electron chi connectivity index (χ4n) is 0.933. The number of nitrogens with zero attached hydrogens (tertiary/aromatic N) is 1. The van der Waals surface area contributed by atoms with Crippen LogP contribution >= 0.6 is 7.91 Å². The zero-order valence-electron chi connectivity index (χ0n) is 4.89. The van der Waals surface area contributed by atoms with Gasteiger partial charge in [0.25, 0.3) is 0 Å². The molecule has 5 heteroatoms. The molecule has 0 radical (unpaired) electrons. The van der Waals surface area contributed by atoms with Gasteiger partial charge in [-0.3, -0.25) is 0 Å². The Morgan fingerprint density at radius 2 is 1.67 bits per heavy atom. The summed E-state index contributed by atoms with van der Waals surface area (Å²) in [4.78, 5) is 0. The molecule has 0 unspecified atom stereocenters. The molecule has 0 aromatic rings. The van der Waals surface area contributed by atoms with Gasteiger partial charge in [0.15, 0.2) is 0 Å². The number of hydrogen-bond donors (Lipinski definition) is 0. The molecule has 0 aromatic carbocycles. The second-order valence-corrected chi connectivity index (χ2v) is 3.53. The van der Waals surface area contributed by atoms with E-state index in [4.69, 9.17) is 0 Å². The van der Waals surface area contributed by atoms with Crippen LogP contribution in [0.25, 0.3) is 0 Å². The lowest BCUT2D eigenvalue weighted by atomic mass is 10.4. The van der Waals surface area contributed by atoms with Gasteiger partial charge in [0.2, 0.25) is 0 Å². The standard InChI is InChI=1S/C4H8F2NOP/c5-9(6,8)7-3-1-2-4-7/h1-4H2. The molecule has 1 aliphatic rings. The fraction of sp³-hybridized carbons (Fsp3) is 1.00. The molecule has 0 aromatic heterocycles. The summed E-state index contributed by atoms with van der Waals surface area (Å²) >= 11 is 0. The van der Waals surface area contributed by atoms with Crippen molar-refractivity contribution in [2.24, 2.45) is 0 Å². The molecule has 0 atom stereocenters. The quantitative estimate of drug-likeness (QED) is 0.540. The van der Waals surface area contributed by atoms with Crippen LogP contribution in [0.15, 0.2) is 0 Å². The lowest BCUT2D eigenvalue weighted by Crippen LogP contribution is -2.10. The Kier molecular flexibility index (Phi) is 1.87. The topological polar surface area (TPSA) is 20.3 Å². The predicted molar refractivity (Wildman–Crippen MR) is 30.6 cm³/mol. The van der Waals surface area contributed by atoms with Crippen LogP contribution in [0.4, 0.5) is 8.39 Å². The van der Waals surface area contributed by atoms with Gasteiger partial charge in [-0.05, 0) is 12.8 Å². The van der Waals surface area contributed by atoms with Crippen LogP contribution in [-0.4, -0.2) is 17.8 Å². The van der Waals surface area contributed by atoms with Gasteiger partial charge < -0.3 is 0 Å². The molecule has 1 rings (SSSR count). The third kappa shape index (κ3) is 1.73. The van der Waals surface area contributed by atoms with Crippen molar-refractivity contribution in [3.05, 3.63) is 0 Å². The molecular weight excluding hydrogens is 147 g/mol. The minimum Gasteiger partial charge on any atom is -0.231 e. The van der Waals surface area contributed by atoms with E-state index in [9.17, 15) is 13.0 Å². The molecule has 0 spiro atoms. The van der Waals surface area contributed by atoms with Crippen molar-refractivity contribution >= 4 is 7.91 Å². The van der Waals surface area contributed by atoms with Crippen LogP contribution < -0.4 is 0 Å². The van der Waals surface area contributed by atoms with Gasteiger partial charge in [0.05, 0.1) is 0 Å². The molecule has 2 nitrogen and oxygen atoms in total. The van der Waals surface area contributed by atoms with Crippen molar-refractivity contribution in [2.45, 2.75) is 12.8 Å². The molecule has 0 saturated carbocycles. The molecule has 0 N–H and O–H groups in total. The summed E-state index contributed by atoms with van der Waals surface area (Å²) in [5, 5.41) is 0. The van der Waals surface area contributed by atoms with Crippen molar-refractivity contribution in [3.8, 4) is 0 Å². The van der Waals surface area contributed by atoms with Crippen molar-refractivity contribution in [3.63, 3.8) is 0 Å². The molecule has 1 heterocycles. The Balaban J connectivity index is 2.52. The van der Waals surface area contributed by atoms with Crippen LogP contribution in [0.3, 0.4) is 0 Å². The Bertz CT molecular complexity index is 140. The predicted octanol–water partition coefficient (Wildman–Crippen LogP) is 2.13. The summed E-state index contributed by atoms with van der Waals surface area (Å²) in [6.07, 6.45) is 1.50. The largest absolute Gasteiger partial charge is 0.482 e. The maximum Gasteiger partial charge on any atom is 0.482 e. The van der Waals surface area contributed by atoms with Crippen LogP contribution in [0.1, 0.15) is 12.8 Å². The normalized spacial score (nSPS) is 22.9. The van der Waals surface area contributed by atoms with Gasteiger partial charge in [0.1, 0.15) is 0 Å². The van der Waals surface area contributed by atoms with Gasteiger partial charge in [-0.15, -0.1) is 8.39 Å². The van der Waals surface area contributed by atoms with E-state index in [0.29, 0.717) is 13.1 Å². The first-order valence-corrected chi connectivity index (χ1v) is 4.29. The van der Waals surface area contributed by atoms with E-state index in [2.05, 4.69) is 0 Å². The van der Waals surface area contributed by atoms with E-state index >= 15 is 0 Å². The van der Waals surface area contributed by atoms with E-state index in [1.165, 1.54) is 0 Å². The molecule has 0 aliphatic carbocycles. The molecule has 9 heavy (non-hydrogen) atoms.